The van der Waals surface area contributed by atoms with Crippen molar-refractivity contribution >= 4 is 11.8 Å². The quantitative estimate of drug-likeness (QED) is 0.287. The average molecular weight is 335 g/mol. The number of hydrogen-bond donors (Lipinski definition) is 4. The molecule has 24 heavy (non-hydrogen) atoms. The number of alkyl halides is 1. The van der Waals surface area contributed by atoms with Gasteiger partial charge < -0.3 is 11.1 Å². The molecule has 0 aliphatic rings. The van der Waals surface area contributed by atoms with E-state index in [0.717, 1.165) is 0 Å². The number of carbonyl (C=O) groups excluding carboxylic acids is 2. The predicted octanol–water partition coefficient (Wildman–Crippen LogP) is 1.15. The standard InChI is InChI=1S/C15H18FN3O3.C2H4/c1-15(2,17)12(14(21)19-22)18-13(20)11-7-5-10(6-8-11)4-3-9-16;1-2/h5-8,12,22H,9,17H2,1-2H3,(H,18,20)(H,19,21);1-2H2. The van der Waals surface area contributed by atoms with Gasteiger partial charge >= 0.3 is 0 Å². The maximum atomic E-state index is 12.1. The highest BCUT2D eigenvalue weighted by molar-refractivity contribution is 5.97. The molecule has 0 spiro atoms. The molecule has 6 nitrogen and oxygen atoms in total. The summed E-state index contributed by atoms with van der Waals surface area (Å²) in [6.45, 7) is 8.34. The molecule has 1 atom stereocenters. The summed E-state index contributed by atoms with van der Waals surface area (Å²) in [4.78, 5) is 23.7. The Labute approximate surface area is 140 Å². The number of nitrogens with one attached hydrogen (secondary N) is 2. The maximum absolute atomic E-state index is 12.1. The Balaban J connectivity index is 0.00000254. The van der Waals surface area contributed by atoms with Gasteiger partial charge in [0.1, 0.15) is 6.04 Å². The first-order valence-corrected chi connectivity index (χ1v) is 6.98. The normalized spacial score (nSPS) is 11.0. The molecule has 0 fully saturated rings. The second-order valence-electron chi connectivity index (χ2n) is 5.22. The first-order chi connectivity index (χ1) is 11.3. The number of rotatable bonds is 4. The predicted molar refractivity (Wildman–Crippen MR) is 90.0 cm³/mol. The van der Waals surface area contributed by atoms with Crippen LogP contribution in [-0.2, 0) is 4.79 Å². The zero-order valence-electron chi connectivity index (χ0n) is 13.7. The van der Waals surface area contributed by atoms with E-state index in [4.69, 9.17) is 10.9 Å². The summed E-state index contributed by atoms with van der Waals surface area (Å²) in [5.74, 6) is 3.51. The lowest BCUT2D eigenvalue weighted by Crippen LogP contribution is -2.61. The fourth-order valence-electron chi connectivity index (χ4n) is 1.71. The summed E-state index contributed by atoms with van der Waals surface area (Å²) in [6, 6.07) is 5.00. The van der Waals surface area contributed by atoms with E-state index in [1.54, 1.807) is 26.0 Å². The smallest absolute Gasteiger partial charge is 0.267 e. The molecule has 0 aromatic heterocycles. The van der Waals surface area contributed by atoms with Gasteiger partial charge in [-0.1, -0.05) is 11.8 Å². The first-order valence-electron chi connectivity index (χ1n) is 6.98. The summed E-state index contributed by atoms with van der Waals surface area (Å²) in [5, 5.41) is 11.2. The van der Waals surface area contributed by atoms with Crippen LogP contribution in [0.4, 0.5) is 4.39 Å². The third-order valence-corrected chi connectivity index (χ3v) is 2.84. The molecule has 0 radical (unpaired) electrons. The lowest BCUT2D eigenvalue weighted by Gasteiger charge is -2.29. The SMILES string of the molecule is C=C.CC(C)(N)C(NC(=O)c1ccc(C#CCF)cc1)C(=O)NO. The van der Waals surface area contributed by atoms with Gasteiger partial charge in [-0.3, -0.25) is 14.8 Å². The minimum Gasteiger partial charge on any atom is -0.338 e. The van der Waals surface area contributed by atoms with Gasteiger partial charge in [-0.25, -0.2) is 9.87 Å². The van der Waals surface area contributed by atoms with Crippen molar-refractivity contribution in [2.45, 2.75) is 25.4 Å². The van der Waals surface area contributed by atoms with E-state index in [9.17, 15) is 14.0 Å². The topological polar surface area (TPSA) is 104 Å². The summed E-state index contributed by atoms with van der Waals surface area (Å²) in [5.41, 5.74) is 7.07. The third-order valence-electron chi connectivity index (χ3n) is 2.84. The minimum atomic E-state index is -1.11. The van der Waals surface area contributed by atoms with Crippen LogP contribution in [0.5, 0.6) is 0 Å². The number of amides is 2. The number of benzene rings is 1. The molecule has 0 saturated heterocycles. The van der Waals surface area contributed by atoms with Crippen molar-refractivity contribution in [1.29, 1.82) is 0 Å². The third kappa shape index (κ3) is 6.60. The van der Waals surface area contributed by atoms with Crippen molar-refractivity contribution in [2.75, 3.05) is 6.67 Å². The fraction of sp³-hybridized carbons (Fsp3) is 0.294. The molecule has 7 heteroatoms. The molecular formula is C17H22FN3O3. The molecule has 0 aliphatic carbocycles. The highest BCUT2D eigenvalue weighted by Crippen LogP contribution is 2.08. The van der Waals surface area contributed by atoms with E-state index in [0.29, 0.717) is 5.56 Å². The first kappa shape index (κ1) is 21.3. The molecule has 0 heterocycles. The molecule has 1 aromatic carbocycles. The summed E-state index contributed by atoms with van der Waals surface area (Å²) in [6.07, 6.45) is 0. The summed E-state index contributed by atoms with van der Waals surface area (Å²) in [7, 11) is 0. The van der Waals surface area contributed by atoms with Crippen LogP contribution in [0, 0.1) is 11.8 Å². The van der Waals surface area contributed by atoms with Gasteiger partial charge in [-0.15, -0.1) is 13.2 Å². The highest BCUT2D eigenvalue weighted by Gasteiger charge is 2.33. The van der Waals surface area contributed by atoms with Crippen LogP contribution in [0.15, 0.2) is 37.4 Å². The van der Waals surface area contributed by atoms with Crippen LogP contribution in [0.25, 0.3) is 0 Å². The van der Waals surface area contributed by atoms with Crippen LogP contribution >= 0.6 is 0 Å². The van der Waals surface area contributed by atoms with E-state index < -0.39 is 30.1 Å². The largest absolute Gasteiger partial charge is 0.338 e. The molecule has 130 valence electrons. The molecule has 1 aromatic rings. The Kier molecular flexibility index (Phi) is 9.02. The summed E-state index contributed by atoms with van der Waals surface area (Å²) >= 11 is 0. The number of halogens is 1. The van der Waals surface area contributed by atoms with E-state index in [1.165, 1.54) is 17.6 Å². The summed E-state index contributed by atoms with van der Waals surface area (Å²) < 4.78 is 11.9. The van der Waals surface area contributed by atoms with Crippen LogP contribution in [0.3, 0.4) is 0 Å². The van der Waals surface area contributed by atoms with Crippen molar-refractivity contribution in [3.8, 4) is 11.8 Å². The fourth-order valence-corrected chi connectivity index (χ4v) is 1.71. The van der Waals surface area contributed by atoms with Crippen molar-refractivity contribution < 1.29 is 19.2 Å². The van der Waals surface area contributed by atoms with Crippen LogP contribution in [0.2, 0.25) is 0 Å². The zero-order valence-corrected chi connectivity index (χ0v) is 13.7. The van der Waals surface area contributed by atoms with E-state index in [2.05, 4.69) is 30.3 Å². The Morgan fingerprint density at radius 1 is 1.33 bits per heavy atom. The van der Waals surface area contributed by atoms with E-state index in [-0.39, 0.29) is 5.56 Å². The Hall–Kier alpha value is -2.69. The maximum Gasteiger partial charge on any atom is 0.267 e. The Morgan fingerprint density at radius 3 is 2.29 bits per heavy atom. The van der Waals surface area contributed by atoms with E-state index in [1.807, 2.05) is 0 Å². The van der Waals surface area contributed by atoms with E-state index >= 15 is 0 Å². The molecule has 1 unspecified atom stereocenters. The molecule has 1 rings (SSSR count). The minimum absolute atomic E-state index is 0.283. The van der Waals surface area contributed by atoms with Gasteiger partial charge in [0.15, 0.2) is 6.67 Å². The number of hydrogen-bond acceptors (Lipinski definition) is 4. The van der Waals surface area contributed by atoms with Crippen LogP contribution in [-0.4, -0.2) is 35.3 Å². The lowest BCUT2D eigenvalue weighted by molar-refractivity contribution is -0.132. The number of nitrogens with two attached hydrogens (primary N) is 1. The second kappa shape index (κ2) is 10.2. The number of hydroxylamine groups is 1. The van der Waals surface area contributed by atoms with Gasteiger partial charge in [0.05, 0.1) is 0 Å². The second-order valence-corrected chi connectivity index (χ2v) is 5.22. The van der Waals surface area contributed by atoms with Crippen molar-refractivity contribution in [2.24, 2.45) is 5.73 Å². The van der Waals surface area contributed by atoms with Crippen LogP contribution in [0.1, 0.15) is 29.8 Å². The van der Waals surface area contributed by atoms with Gasteiger partial charge in [0.25, 0.3) is 11.8 Å². The Bertz CT molecular complexity index is 613. The van der Waals surface area contributed by atoms with Crippen molar-refractivity contribution in [3.05, 3.63) is 48.6 Å². The molecule has 0 saturated carbocycles. The van der Waals surface area contributed by atoms with Gasteiger partial charge in [-0.2, -0.15) is 0 Å². The molecule has 2 amide bonds. The number of carbonyl (C=O) groups is 2. The van der Waals surface area contributed by atoms with Gasteiger partial charge in [0, 0.05) is 16.7 Å². The highest BCUT2D eigenvalue weighted by atomic mass is 19.1. The molecular weight excluding hydrogens is 313 g/mol. The van der Waals surface area contributed by atoms with Gasteiger partial charge in [-0.05, 0) is 38.1 Å². The van der Waals surface area contributed by atoms with Crippen molar-refractivity contribution in [3.63, 3.8) is 0 Å². The van der Waals surface area contributed by atoms with Gasteiger partial charge in [0.2, 0.25) is 0 Å². The monoisotopic (exact) mass is 335 g/mol. The van der Waals surface area contributed by atoms with Crippen molar-refractivity contribution in [1.82, 2.24) is 10.8 Å². The molecule has 0 aliphatic heterocycles. The molecule has 5 N–H and O–H groups in total. The zero-order chi connectivity index (χ0) is 18.8. The lowest BCUT2D eigenvalue weighted by atomic mass is 9.95. The molecule has 0 bridgehead atoms. The Morgan fingerprint density at radius 2 is 1.88 bits per heavy atom. The average Bonchev–Trinajstić information content (AvgIpc) is 2.58. The van der Waals surface area contributed by atoms with Crippen LogP contribution < -0.4 is 16.5 Å².